The molecule has 0 spiro atoms. The van der Waals surface area contributed by atoms with Crippen LogP contribution in [0.4, 0.5) is 5.69 Å². The number of nitrogens with one attached hydrogen (secondary N) is 1. The molecule has 3 nitrogen and oxygen atoms in total. The van der Waals surface area contributed by atoms with Crippen molar-refractivity contribution in [3.63, 3.8) is 0 Å². The summed E-state index contributed by atoms with van der Waals surface area (Å²) in [4.78, 5) is 12.4. The summed E-state index contributed by atoms with van der Waals surface area (Å²) >= 11 is 11.9. The van der Waals surface area contributed by atoms with Gasteiger partial charge in [0.05, 0.1) is 0 Å². The Bertz CT molecular complexity index is 1010. The Hall–Kier alpha value is -2.80. The fraction of sp³-hybridized carbons (Fsp3) is 0. The van der Waals surface area contributed by atoms with Crippen LogP contribution in [0.5, 0.6) is 0 Å². The lowest BCUT2D eigenvalue weighted by Crippen LogP contribution is -2.13. The lowest BCUT2D eigenvalue weighted by atomic mass is 10.0. The number of halogens is 2. The minimum atomic E-state index is -0.520. The molecule has 1 N–H and O–H groups in total. The van der Waals surface area contributed by atoms with Gasteiger partial charge in [0.2, 0.25) is 0 Å². The zero-order chi connectivity index (χ0) is 17.8. The van der Waals surface area contributed by atoms with Crippen LogP contribution >= 0.6 is 23.2 Å². The Balaban J connectivity index is 1.94. The van der Waals surface area contributed by atoms with E-state index in [9.17, 15) is 10.1 Å². The van der Waals surface area contributed by atoms with Gasteiger partial charge in [-0.1, -0.05) is 65.7 Å². The highest BCUT2D eigenvalue weighted by Gasteiger charge is 2.11. The molecule has 0 aromatic heterocycles. The van der Waals surface area contributed by atoms with Crippen molar-refractivity contribution >= 4 is 51.6 Å². The van der Waals surface area contributed by atoms with Crippen LogP contribution in [0.2, 0.25) is 10.0 Å². The third kappa shape index (κ3) is 4.00. The molecule has 0 atom stereocenters. The second-order valence-electron chi connectivity index (χ2n) is 5.35. The van der Waals surface area contributed by atoms with Gasteiger partial charge in [-0.15, -0.1) is 0 Å². The van der Waals surface area contributed by atoms with Crippen LogP contribution in [0.1, 0.15) is 5.56 Å². The third-order valence-electron chi connectivity index (χ3n) is 3.61. The number of nitriles is 1. The molecule has 3 rings (SSSR count). The Kier molecular flexibility index (Phi) is 5.04. The summed E-state index contributed by atoms with van der Waals surface area (Å²) in [6, 6.07) is 20.2. The second-order valence-corrected chi connectivity index (χ2v) is 6.22. The van der Waals surface area contributed by atoms with Gasteiger partial charge in [0, 0.05) is 15.7 Å². The molecule has 0 bridgehead atoms. The highest BCUT2D eigenvalue weighted by Crippen LogP contribution is 2.24. The van der Waals surface area contributed by atoms with E-state index in [2.05, 4.69) is 5.32 Å². The molecule has 0 aliphatic heterocycles. The van der Waals surface area contributed by atoms with Gasteiger partial charge in [0.15, 0.2) is 0 Å². The van der Waals surface area contributed by atoms with Crippen LogP contribution in [0, 0.1) is 11.3 Å². The normalized spacial score (nSPS) is 11.2. The summed E-state index contributed by atoms with van der Waals surface area (Å²) in [7, 11) is 0. The van der Waals surface area contributed by atoms with Gasteiger partial charge in [-0.25, -0.2) is 0 Å². The van der Waals surface area contributed by atoms with E-state index in [0.29, 0.717) is 15.7 Å². The monoisotopic (exact) mass is 366 g/mol. The number of fused-ring (bicyclic) bond motifs is 1. The van der Waals surface area contributed by atoms with Crippen molar-refractivity contribution in [3.8, 4) is 6.07 Å². The Morgan fingerprint density at radius 1 is 1.00 bits per heavy atom. The maximum absolute atomic E-state index is 12.4. The fourth-order valence-electron chi connectivity index (χ4n) is 2.50. The van der Waals surface area contributed by atoms with Crippen LogP contribution in [0.15, 0.2) is 66.2 Å². The Morgan fingerprint density at radius 3 is 2.40 bits per heavy atom. The van der Waals surface area contributed by atoms with E-state index < -0.39 is 5.91 Å². The number of hydrogen-bond donors (Lipinski definition) is 1. The molecular formula is C20H12Cl2N2O. The first-order valence-corrected chi connectivity index (χ1v) is 8.19. The predicted molar refractivity (Wildman–Crippen MR) is 103 cm³/mol. The topological polar surface area (TPSA) is 52.9 Å². The van der Waals surface area contributed by atoms with Gasteiger partial charge in [-0.05, 0) is 40.6 Å². The number of benzene rings is 3. The summed E-state index contributed by atoms with van der Waals surface area (Å²) in [5.41, 5.74) is 1.22. The molecule has 3 aromatic rings. The average Bonchev–Trinajstić information content (AvgIpc) is 2.58. The molecule has 0 saturated heterocycles. The molecule has 25 heavy (non-hydrogen) atoms. The van der Waals surface area contributed by atoms with Gasteiger partial charge >= 0.3 is 0 Å². The minimum absolute atomic E-state index is 0.00699. The van der Waals surface area contributed by atoms with E-state index in [1.165, 1.54) is 0 Å². The molecule has 0 unspecified atom stereocenters. The van der Waals surface area contributed by atoms with E-state index >= 15 is 0 Å². The minimum Gasteiger partial charge on any atom is -0.321 e. The standard InChI is InChI=1S/C20H12Cl2N2O/c21-16-9-17(22)11-18(10-16)24-20(25)15(12-23)8-14-6-3-5-13-4-1-2-7-19(13)14/h1-11H,(H,24,25)/b15-8+. The van der Waals surface area contributed by atoms with Crippen molar-refractivity contribution in [1.29, 1.82) is 5.26 Å². The summed E-state index contributed by atoms with van der Waals surface area (Å²) in [5.74, 6) is -0.520. The fourth-order valence-corrected chi connectivity index (χ4v) is 3.03. The van der Waals surface area contributed by atoms with Crippen molar-refractivity contribution in [1.82, 2.24) is 0 Å². The molecule has 1 amide bonds. The zero-order valence-corrected chi connectivity index (χ0v) is 14.5. The molecule has 0 saturated carbocycles. The molecule has 122 valence electrons. The lowest BCUT2D eigenvalue weighted by molar-refractivity contribution is -0.112. The van der Waals surface area contributed by atoms with E-state index in [-0.39, 0.29) is 5.57 Å². The number of nitrogens with zero attached hydrogens (tertiary/aromatic N) is 1. The highest BCUT2D eigenvalue weighted by atomic mass is 35.5. The molecule has 0 aliphatic rings. The van der Waals surface area contributed by atoms with E-state index in [1.54, 1.807) is 24.3 Å². The summed E-state index contributed by atoms with van der Waals surface area (Å²) in [5, 5.41) is 14.8. The summed E-state index contributed by atoms with van der Waals surface area (Å²) < 4.78 is 0. The van der Waals surface area contributed by atoms with Crippen LogP contribution < -0.4 is 5.32 Å². The molecule has 0 aliphatic carbocycles. The molecule has 0 heterocycles. The average molecular weight is 367 g/mol. The van der Waals surface area contributed by atoms with Crippen LogP contribution in [0.3, 0.4) is 0 Å². The zero-order valence-electron chi connectivity index (χ0n) is 13.0. The largest absolute Gasteiger partial charge is 0.321 e. The lowest BCUT2D eigenvalue weighted by Gasteiger charge is -2.06. The summed E-state index contributed by atoms with van der Waals surface area (Å²) in [6.07, 6.45) is 1.57. The van der Waals surface area contributed by atoms with E-state index in [4.69, 9.17) is 23.2 Å². The third-order valence-corrected chi connectivity index (χ3v) is 4.05. The van der Waals surface area contributed by atoms with E-state index in [0.717, 1.165) is 16.3 Å². The van der Waals surface area contributed by atoms with Gasteiger partial charge in [-0.3, -0.25) is 4.79 Å². The first-order valence-electron chi connectivity index (χ1n) is 7.44. The van der Waals surface area contributed by atoms with Crippen LogP contribution in [-0.2, 0) is 4.79 Å². The van der Waals surface area contributed by atoms with Gasteiger partial charge in [-0.2, -0.15) is 5.26 Å². The molecule has 5 heteroatoms. The molecule has 3 aromatic carbocycles. The van der Waals surface area contributed by atoms with Gasteiger partial charge < -0.3 is 5.32 Å². The quantitative estimate of drug-likeness (QED) is 0.477. The molecular weight excluding hydrogens is 355 g/mol. The van der Waals surface area contributed by atoms with Crippen molar-refractivity contribution < 1.29 is 4.79 Å². The number of hydrogen-bond acceptors (Lipinski definition) is 2. The van der Waals surface area contributed by atoms with Crippen molar-refractivity contribution in [3.05, 3.63) is 81.8 Å². The van der Waals surface area contributed by atoms with Crippen LogP contribution in [-0.4, -0.2) is 5.91 Å². The molecule has 0 radical (unpaired) electrons. The first kappa shape index (κ1) is 17.0. The summed E-state index contributed by atoms with van der Waals surface area (Å²) in [6.45, 7) is 0. The highest BCUT2D eigenvalue weighted by molar-refractivity contribution is 6.35. The van der Waals surface area contributed by atoms with Crippen molar-refractivity contribution in [2.45, 2.75) is 0 Å². The Labute approximate surface area is 155 Å². The predicted octanol–water partition coefficient (Wildman–Crippen LogP) is 5.69. The van der Waals surface area contributed by atoms with Crippen LogP contribution in [0.25, 0.3) is 16.8 Å². The number of rotatable bonds is 3. The van der Waals surface area contributed by atoms with Gasteiger partial charge in [0.25, 0.3) is 5.91 Å². The molecule has 0 fully saturated rings. The number of anilines is 1. The maximum Gasteiger partial charge on any atom is 0.266 e. The SMILES string of the molecule is N#C/C(=C\c1cccc2ccccc12)C(=O)Nc1cc(Cl)cc(Cl)c1. The van der Waals surface area contributed by atoms with E-state index in [1.807, 2.05) is 48.5 Å². The smallest absolute Gasteiger partial charge is 0.266 e. The number of amides is 1. The number of carbonyl (C=O) groups excluding carboxylic acids is 1. The number of carbonyl (C=O) groups is 1. The first-order chi connectivity index (χ1) is 12.1. The Morgan fingerprint density at radius 2 is 1.68 bits per heavy atom. The second kappa shape index (κ2) is 7.40. The maximum atomic E-state index is 12.4. The van der Waals surface area contributed by atoms with Crippen molar-refractivity contribution in [2.75, 3.05) is 5.32 Å². The van der Waals surface area contributed by atoms with Crippen molar-refractivity contribution in [2.24, 2.45) is 0 Å². The van der Waals surface area contributed by atoms with Gasteiger partial charge in [0.1, 0.15) is 11.6 Å².